The van der Waals surface area contributed by atoms with Crippen molar-refractivity contribution in [1.82, 2.24) is 0 Å². The number of nitrogens with zero attached hydrogens (tertiary/aromatic N) is 1. The Morgan fingerprint density at radius 2 is 2.21 bits per heavy atom. The van der Waals surface area contributed by atoms with Crippen LogP contribution in [0.2, 0.25) is 0 Å². The monoisotopic (exact) mass is 329 g/mol. The standard InChI is InChI=1S/C10H5Br2NS/c11-8-5-9-6(2-4-14-9)7(1-3-13)10(8)12/h2,4-5H,1H2. The van der Waals surface area contributed by atoms with Gasteiger partial charge in [-0.25, -0.2) is 0 Å². The molecule has 2 aromatic rings. The van der Waals surface area contributed by atoms with Crippen LogP contribution in [0, 0.1) is 11.3 Å². The molecule has 0 aliphatic carbocycles. The van der Waals surface area contributed by atoms with Gasteiger partial charge < -0.3 is 0 Å². The molecule has 0 aliphatic rings. The van der Waals surface area contributed by atoms with E-state index in [9.17, 15) is 0 Å². The predicted molar refractivity (Wildman–Crippen MR) is 66.5 cm³/mol. The van der Waals surface area contributed by atoms with Crippen LogP contribution >= 0.6 is 43.2 Å². The number of benzene rings is 1. The summed E-state index contributed by atoms with van der Waals surface area (Å²) in [5.41, 5.74) is 1.07. The van der Waals surface area contributed by atoms with Gasteiger partial charge in [0.2, 0.25) is 0 Å². The van der Waals surface area contributed by atoms with Gasteiger partial charge in [-0.3, -0.25) is 0 Å². The van der Waals surface area contributed by atoms with Crippen LogP contribution in [-0.4, -0.2) is 0 Å². The van der Waals surface area contributed by atoms with Crippen LogP contribution in [0.4, 0.5) is 0 Å². The molecule has 1 aromatic heterocycles. The average Bonchev–Trinajstić information content (AvgIpc) is 2.60. The summed E-state index contributed by atoms with van der Waals surface area (Å²) in [4.78, 5) is 0. The molecular formula is C10H5Br2NS. The number of hydrogen-bond donors (Lipinski definition) is 0. The Labute approximate surface area is 103 Å². The van der Waals surface area contributed by atoms with Gasteiger partial charge in [0.05, 0.1) is 12.5 Å². The third-order valence-corrected chi connectivity index (χ3v) is 4.94. The summed E-state index contributed by atoms with van der Waals surface area (Å²) in [5, 5.41) is 12.0. The second-order valence-electron chi connectivity index (χ2n) is 2.82. The first-order valence-electron chi connectivity index (χ1n) is 3.95. The van der Waals surface area contributed by atoms with E-state index in [1.54, 1.807) is 11.3 Å². The van der Waals surface area contributed by atoms with Crippen molar-refractivity contribution in [3.8, 4) is 6.07 Å². The Balaban J connectivity index is 2.81. The molecule has 1 nitrogen and oxygen atoms in total. The summed E-state index contributed by atoms with van der Waals surface area (Å²) < 4.78 is 3.22. The van der Waals surface area contributed by atoms with E-state index in [2.05, 4.69) is 50.1 Å². The molecule has 70 valence electrons. The van der Waals surface area contributed by atoms with Gasteiger partial charge in [0, 0.05) is 13.6 Å². The third kappa shape index (κ3) is 1.60. The van der Waals surface area contributed by atoms with E-state index in [0.29, 0.717) is 6.42 Å². The number of rotatable bonds is 1. The van der Waals surface area contributed by atoms with Crippen molar-refractivity contribution >= 4 is 53.3 Å². The summed E-state index contributed by atoms with van der Waals surface area (Å²) in [7, 11) is 0. The molecule has 0 N–H and O–H groups in total. The van der Waals surface area contributed by atoms with Crippen LogP contribution in [0.25, 0.3) is 10.1 Å². The smallest absolute Gasteiger partial charge is 0.0670 e. The SMILES string of the molecule is N#CCc1c(Br)c(Br)cc2sccc12. The van der Waals surface area contributed by atoms with Gasteiger partial charge in [-0.1, -0.05) is 0 Å². The number of fused-ring (bicyclic) bond motifs is 1. The lowest BCUT2D eigenvalue weighted by molar-refractivity contribution is 1.27. The van der Waals surface area contributed by atoms with Crippen LogP contribution in [0.3, 0.4) is 0 Å². The van der Waals surface area contributed by atoms with Crippen molar-refractivity contribution in [2.45, 2.75) is 6.42 Å². The molecule has 0 spiro atoms. The topological polar surface area (TPSA) is 23.8 Å². The molecule has 0 radical (unpaired) electrons. The fourth-order valence-corrected chi connectivity index (χ4v) is 3.32. The Morgan fingerprint density at radius 1 is 1.43 bits per heavy atom. The molecule has 0 bridgehead atoms. The van der Waals surface area contributed by atoms with Crippen LogP contribution in [0.5, 0.6) is 0 Å². The molecule has 0 unspecified atom stereocenters. The number of thiophene rings is 1. The van der Waals surface area contributed by atoms with Crippen molar-refractivity contribution in [1.29, 1.82) is 5.26 Å². The Bertz CT molecular complexity index is 525. The van der Waals surface area contributed by atoms with Crippen molar-refractivity contribution in [3.05, 3.63) is 32.0 Å². The maximum atomic E-state index is 8.75. The maximum Gasteiger partial charge on any atom is 0.0670 e. The Morgan fingerprint density at radius 3 is 2.93 bits per heavy atom. The maximum absolute atomic E-state index is 8.75. The molecule has 0 amide bonds. The van der Waals surface area contributed by atoms with Gasteiger partial charge in [-0.2, -0.15) is 5.26 Å². The average molecular weight is 331 g/mol. The zero-order valence-electron chi connectivity index (χ0n) is 7.05. The van der Waals surface area contributed by atoms with E-state index in [4.69, 9.17) is 5.26 Å². The number of hydrogen-bond acceptors (Lipinski definition) is 2. The predicted octanol–water partition coefficient (Wildman–Crippen LogP) is 4.49. The Hall–Kier alpha value is -0.370. The van der Waals surface area contributed by atoms with Crippen molar-refractivity contribution < 1.29 is 0 Å². The molecule has 0 aliphatic heterocycles. The second kappa shape index (κ2) is 4.01. The van der Waals surface area contributed by atoms with E-state index >= 15 is 0 Å². The summed E-state index contributed by atoms with van der Waals surface area (Å²) in [6.45, 7) is 0. The molecule has 14 heavy (non-hydrogen) atoms. The fraction of sp³-hybridized carbons (Fsp3) is 0.100. The normalized spacial score (nSPS) is 10.4. The summed E-state index contributed by atoms with van der Waals surface area (Å²) in [6.07, 6.45) is 0.438. The highest BCUT2D eigenvalue weighted by Gasteiger charge is 2.10. The molecular weight excluding hydrogens is 326 g/mol. The van der Waals surface area contributed by atoms with Crippen molar-refractivity contribution in [2.75, 3.05) is 0 Å². The lowest BCUT2D eigenvalue weighted by Crippen LogP contribution is -1.86. The fourth-order valence-electron chi connectivity index (χ4n) is 1.37. The van der Waals surface area contributed by atoms with E-state index < -0.39 is 0 Å². The van der Waals surface area contributed by atoms with Crippen LogP contribution in [0.15, 0.2) is 26.5 Å². The van der Waals surface area contributed by atoms with E-state index in [1.165, 1.54) is 10.1 Å². The quantitative estimate of drug-likeness (QED) is 0.755. The second-order valence-corrected chi connectivity index (χ2v) is 5.41. The first-order valence-corrected chi connectivity index (χ1v) is 6.41. The van der Waals surface area contributed by atoms with Gasteiger partial charge >= 0.3 is 0 Å². The minimum Gasteiger partial charge on any atom is -0.198 e. The molecule has 1 heterocycles. The van der Waals surface area contributed by atoms with E-state index in [1.807, 2.05) is 5.38 Å². The molecule has 4 heteroatoms. The molecule has 2 rings (SSSR count). The van der Waals surface area contributed by atoms with Gasteiger partial charge in [0.1, 0.15) is 0 Å². The molecule has 0 fully saturated rings. The number of nitriles is 1. The molecule has 0 saturated carbocycles. The van der Waals surface area contributed by atoms with Gasteiger partial charge in [0.25, 0.3) is 0 Å². The highest BCUT2D eigenvalue weighted by molar-refractivity contribution is 9.13. The lowest BCUT2D eigenvalue weighted by atomic mass is 10.1. The largest absolute Gasteiger partial charge is 0.198 e. The van der Waals surface area contributed by atoms with E-state index in [-0.39, 0.29) is 0 Å². The highest BCUT2D eigenvalue weighted by atomic mass is 79.9. The van der Waals surface area contributed by atoms with Gasteiger partial charge in [0.15, 0.2) is 0 Å². The van der Waals surface area contributed by atoms with Crippen LogP contribution < -0.4 is 0 Å². The lowest BCUT2D eigenvalue weighted by Gasteiger charge is -2.04. The van der Waals surface area contributed by atoms with Crippen molar-refractivity contribution in [2.24, 2.45) is 0 Å². The van der Waals surface area contributed by atoms with Crippen molar-refractivity contribution in [3.63, 3.8) is 0 Å². The van der Waals surface area contributed by atoms with Gasteiger partial charge in [-0.15, -0.1) is 11.3 Å². The highest BCUT2D eigenvalue weighted by Crippen LogP contribution is 2.36. The molecule has 0 saturated heterocycles. The zero-order valence-corrected chi connectivity index (χ0v) is 11.0. The minimum atomic E-state index is 0.438. The summed E-state index contributed by atoms with van der Waals surface area (Å²) in [5.74, 6) is 0. The molecule has 0 atom stereocenters. The number of halogens is 2. The third-order valence-electron chi connectivity index (χ3n) is 2.01. The van der Waals surface area contributed by atoms with Gasteiger partial charge in [-0.05, 0) is 60.3 Å². The first-order chi connectivity index (χ1) is 6.74. The van der Waals surface area contributed by atoms with Crippen LogP contribution in [-0.2, 0) is 6.42 Å². The summed E-state index contributed by atoms with van der Waals surface area (Å²) in [6, 6.07) is 6.32. The first kappa shape index (κ1) is 10.2. The van der Waals surface area contributed by atoms with Crippen LogP contribution in [0.1, 0.15) is 5.56 Å². The summed E-state index contributed by atoms with van der Waals surface area (Å²) >= 11 is 8.66. The molecule has 1 aromatic carbocycles. The minimum absolute atomic E-state index is 0.438. The zero-order chi connectivity index (χ0) is 10.1. The Kier molecular flexibility index (Phi) is 2.91. The van der Waals surface area contributed by atoms with E-state index in [0.717, 1.165) is 14.5 Å².